The van der Waals surface area contributed by atoms with Gasteiger partial charge in [-0.2, -0.15) is 23.1 Å². The lowest BCUT2D eigenvalue weighted by atomic mass is 10.1. The van der Waals surface area contributed by atoms with Crippen molar-refractivity contribution >= 4 is 23.4 Å². The Morgan fingerprint density at radius 2 is 1.96 bits per heavy atom. The molecule has 1 fully saturated rings. The lowest BCUT2D eigenvalue weighted by Crippen LogP contribution is -2.36. The second kappa shape index (κ2) is 7.61. The smallest absolute Gasteiger partial charge is 0.396 e. The number of hydrogen-bond donors (Lipinski definition) is 5. The second-order valence-corrected chi connectivity index (χ2v) is 5.94. The molecule has 0 spiro atoms. The van der Waals surface area contributed by atoms with E-state index in [4.69, 9.17) is 18.0 Å². The third-order valence-electron chi connectivity index (χ3n) is 3.81. The van der Waals surface area contributed by atoms with E-state index in [0.717, 1.165) is 0 Å². The third-order valence-corrected chi connectivity index (χ3v) is 4.09. The summed E-state index contributed by atoms with van der Waals surface area (Å²) in [5.41, 5.74) is 0.00774. The number of nitrogens with zero attached hydrogens (tertiary/aromatic N) is 2. The first-order chi connectivity index (χ1) is 11.7. The fraction of sp³-hybridized carbons (Fsp3) is 0.571. The highest BCUT2D eigenvalue weighted by Crippen LogP contribution is 2.31. The lowest BCUT2D eigenvalue weighted by molar-refractivity contribution is -0.115. The molecule has 0 bridgehead atoms. The van der Waals surface area contributed by atoms with Gasteiger partial charge >= 0.3 is 6.18 Å². The van der Waals surface area contributed by atoms with Crippen LogP contribution in [0.5, 0.6) is 0 Å². The number of rotatable bonds is 5. The average molecular weight is 381 g/mol. The summed E-state index contributed by atoms with van der Waals surface area (Å²) in [4.78, 5) is 7.52. The second-order valence-electron chi connectivity index (χ2n) is 5.59. The summed E-state index contributed by atoms with van der Waals surface area (Å²) in [5.74, 6) is 1.23. The van der Waals surface area contributed by atoms with E-state index in [1.54, 1.807) is 0 Å². The molecule has 4 atom stereocenters. The molecular formula is C14H16ClF3N4O3. The van der Waals surface area contributed by atoms with E-state index in [9.17, 15) is 28.5 Å². The number of hydrogen-bond acceptors (Lipinski definition) is 7. The van der Waals surface area contributed by atoms with Gasteiger partial charge in [0.1, 0.15) is 24.0 Å². The molecule has 0 amide bonds. The Balaban J connectivity index is 2.24. The molecule has 5 N–H and O–H groups in total. The summed E-state index contributed by atoms with van der Waals surface area (Å²) in [7, 11) is 0. The number of terminal acetylenes is 1. The molecule has 0 saturated heterocycles. The van der Waals surface area contributed by atoms with Gasteiger partial charge in [0.25, 0.3) is 0 Å². The Hall–Kier alpha value is -1.80. The fourth-order valence-corrected chi connectivity index (χ4v) is 2.77. The summed E-state index contributed by atoms with van der Waals surface area (Å²) in [5, 5.41) is 33.5. The number of anilines is 2. The van der Waals surface area contributed by atoms with Gasteiger partial charge in [-0.1, -0.05) is 17.5 Å². The molecule has 2 rings (SSSR count). The van der Waals surface area contributed by atoms with Crippen LogP contribution >= 0.6 is 11.6 Å². The molecule has 138 valence electrons. The molecule has 1 aromatic heterocycles. The Labute approximate surface area is 146 Å². The summed E-state index contributed by atoms with van der Waals surface area (Å²) in [6, 6.07) is -0.722. The van der Waals surface area contributed by atoms with Gasteiger partial charge in [0.15, 0.2) is 5.15 Å². The number of halogens is 4. The van der Waals surface area contributed by atoms with E-state index < -0.39 is 42.8 Å². The van der Waals surface area contributed by atoms with Crippen LogP contribution < -0.4 is 10.6 Å². The SMILES string of the molecule is C#Cc1c(Cl)nc(NCC(F)(F)F)nc1N[C@@H]1C[C@H](CO)[C@@H](O)[C@H]1O. The van der Waals surface area contributed by atoms with Gasteiger partial charge in [-0.15, -0.1) is 6.42 Å². The number of aliphatic hydroxyl groups excluding tert-OH is 3. The first-order valence-corrected chi connectivity index (χ1v) is 7.62. The normalized spacial score (nSPS) is 26.3. The molecule has 1 aliphatic rings. The molecule has 0 unspecified atom stereocenters. The molecule has 1 aromatic rings. The molecule has 11 heteroatoms. The van der Waals surface area contributed by atoms with Crippen molar-refractivity contribution in [3.63, 3.8) is 0 Å². The molecule has 1 heterocycles. The van der Waals surface area contributed by atoms with Gasteiger partial charge in [0.2, 0.25) is 5.95 Å². The maximum atomic E-state index is 12.3. The van der Waals surface area contributed by atoms with Crippen molar-refractivity contribution in [1.82, 2.24) is 9.97 Å². The maximum Gasteiger partial charge on any atom is 0.405 e. The number of aliphatic hydroxyl groups is 3. The third kappa shape index (κ3) is 4.64. The molecule has 0 aliphatic heterocycles. The molecule has 0 radical (unpaired) electrons. The van der Waals surface area contributed by atoms with Crippen molar-refractivity contribution in [3.8, 4) is 12.3 Å². The van der Waals surface area contributed by atoms with Crippen LogP contribution in [-0.2, 0) is 0 Å². The van der Waals surface area contributed by atoms with Gasteiger partial charge in [0.05, 0.1) is 12.1 Å². The molecular weight excluding hydrogens is 365 g/mol. The Morgan fingerprint density at radius 1 is 1.28 bits per heavy atom. The number of nitrogens with one attached hydrogen (secondary N) is 2. The Bertz CT molecular complexity index is 668. The van der Waals surface area contributed by atoms with Crippen LogP contribution in [0.3, 0.4) is 0 Å². The highest BCUT2D eigenvalue weighted by atomic mass is 35.5. The predicted molar refractivity (Wildman–Crippen MR) is 84.1 cm³/mol. The Kier molecular flexibility index (Phi) is 5.95. The van der Waals surface area contributed by atoms with Gasteiger partial charge < -0.3 is 26.0 Å². The van der Waals surface area contributed by atoms with Gasteiger partial charge in [-0.25, -0.2) is 0 Å². The summed E-state index contributed by atoms with van der Waals surface area (Å²) in [6.07, 6.45) is -1.32. The van der Waals surface area contributed by atoms with Crippen LogP contribution in [0.1, 0.15) is 12.0 Å². The van der Waals surface area contributed by atoms with Crippen molar-refractivity contribution in [2.24, 2.45) is 5.92 Å². The summed E-state index contributed by atoms with van der Waals surface area (Å²) in [6.45, 7) is -1.70. The average Bonchev–Trinajstić information content (AvgIpc) is 2.80. The van der Waals surface area contributed by atoms with Crippen LogP contribution in [0, 0.1) is 18.3 Å². The van der Waals surface area contributed by atoms with Crippen molar-refractivity contribution in [2.75, 3.05) is 23.8 Å². The molecule has 1 saturated carbocycles. The maximum absolute atomic E-state index is 12.3. The van der Waals surface area contributed by atoms with Crippen molar-refractivity contribution in [2.45, 2.75) is 30.8 Å². The minimum Gasteiger partial charge on any atom is -0.396 e. The van der Waals surface area contributed by atoms with E-state index in [2.05, 4.69) is 21.2 Å². The molecule has 1 aliphatic carbocycles. The highest BCUT2D eigenvalue weighted by Gasteiger charge is 2.41. The van der Waals surface area contributed by atoms with E-state index in [1.807, 2.05) is 5.32 Å². The zero-order valence-electron chi connectivity index (χ0n) is 12.8. The van der Waals surface area contributed by atoms with E-state index in [-0.39, 0.29) is 29.6 Å². The zero-order chi connectivity index (χ0) is 18.8. The van der Waals surface area contributed by atoms with E-state index in [1.165, 1.54) is 0 Å². The highest BCUT2D eigenvalue weighted by molar-refractivity contribution is 6.31. The monoisotopic (exact) mass is 380 g/mol. The molecule has 7 nitrogen and oxygen atoms in total. The summed E-state index contributed by atoms with van der Waals surface area (Å²) < 4.78 is 36.9. The zero-order valence-corrected chi connectivity index (χ0v) is 13.5. The minimum atomic E-state index is -4.48. The van der Waals surface area contributed by atoms with Crippen LogP contribution in [0.15, 0.2) is 0 Å². The van der Waals surface area contributed by atoms with Gasteiger partial charge in [0, 0.05) is 12.5 Å². The largest absolute Gasteiger partial charge is 0.405 e. The summed E-state index contributed by atoms with van der Waals surface area (Å²) >= 11 is 5.88. The first kappa shape index (κ1) is 19.5. The lowest BCUT2D eigenvalue weighted by Gasteiger charge is -2.20. The molecule has 25 heavy (non-hydrogen) atoms. The van der Waals surface area contributed by atoms with E-state index in [0.29, 0.717) is 0 Å². The van der Waals surface area contributed by atoms with Crippen LogP contribution in [0.25, 0.3) is 0 Å². The van der Waals surface area contributed by atoms with Crippen molar-refractivity contribution in [3.05, 3.63) is 10.7 Å². The fourth-order valence-electron chi connectivity index (χ4n) is 2.55. The predicted octanol–water partition coefficient (Wildman–Crippen LogP) is 0.600. The van der Waals surface area contributed by atoms with Crippen LogP contribution in [0.4, 0.5) is 24.9 Å². The first-order valence-electron chi connectivity index (χ1n) is 7.24. The topological polar surface area (TPSA) is 111 Å². The van der Waals surface area contributed by atoms with Crippen LogP contribution in [-0.4, -0.2) is 62.9 Å². The van der Waals surface area contributed by atoms with Crippen molar-refractivity contribution < 1.29 is 28.5 Å². The quantitative estimate of drug-likeness (QED) is 0.376. The van der Waals surface area contributed by atoms with Gasteiger partial charge in [-0.05, 0) is 6.42 Å². The minimum absolute atomic E-state index is 0.00774. The van der Waals surface area contributed by atoms with Gasteiger partial charge in [-0.3, -0.25) is 0 Å². The number of alkyl halides is 3. The molecule has 0 aromatic carbocycles. The van der Waals surface area contributed by atoms with E-state index >= 15 is 0 Å². The van der Waals surface area contributed by atoms with Crippen LogP contribution in [0.2, 0.25) is 5.15 Å². The van der Waals surface area contributed by atoms with Crippen molar-refractivity contribution in [1.29, 1.82) is 0 Å². The Morgan fingerprint density at radius 3 is 2.48 bits per heavy atom. The standard InChI is InChI=1S/C14H16ClF3N4O3/c1-2-7-11(15)21-13(19-5-14(16,17)18)22-12(7)20-8-3-6(4-23)9(24)10(8)25/h1,6,8-10,23-25H,3-5H2,(H2,19,20,21,22)/t6-,8-,9-,10+/m1/s1. The number of aromatic nitrogens is 2.